The van der Waals surface area contributed by atoms with Crippen molar-refractivity contribution >= 4 is 11.7 Å². The van der Waals surface area contributed by atoms with E-state index in [1.807, 2.05) is 6.07 Å². The van der Waals surface area contributed by atoms with Gasteiger partial charge in [-0.25, -0.2) is 13.6 Å². The molecule has 37 heavy (non-hydrogen) atoms. The Kier molecular flexibility index (Phi) is 7.56. The normalized spacial score (nSPS) is 26.4. The highest BCUT2D eigenvalue weighted by atomic mass is 19.2. The Morgan fingerprint density at radius 2 is 1.73 bits per heavy atom. The summed E-state index contributed by atoms with van der Waals surface area (Å²) in [6.07, 6.45) is 10.0. The lowest BCUT2D eigenvalue weighted by atomic mass is 9.64. The SMILES string of the molecule is COc1ccc([C@@]23CC[C@@H](NC(=O)Nc4ccc(F)c(F)c4)C[C@@H]2N(C2CCCCC2)CC3)cc1OC. The number of halogens is 2. The average Bonchev–Trinajstić information content (AvgIpc) is 3.30. The van der Waals surface area contributed by atoms with Gasteiger partial charge in [0.2, 0.25) is 0 Å². The summed E-state index contributed by atoms with van der Waals surface area (Å²) in [5, 5.41) is 5.77. The summed E-state index contributed by atoms with van der Waals surface area (Å²) < 4.78 is 38.0. The van der Waals surface area contributed by atoms with Gasteiger partial charge >= 0.3 is 6.03 Å². The molecule has 2 amide bonds. The zero-order valence-electron chi connectivity index (χ0n) is 21.7. The molecule has 8 heteroatoms. The van der Waals surface area contributed by atoms with Gasteiger partial charge < -0.3 is 20.1 Å². The number of carbonyl (C=O) groups is 1. The molecule has 5 rings (SSSR count). The van der Waals surface area contributed by atoms with Crippen molar-refractivity contribution in [2.75, 3.05) is 26.1 Å². The molecule has 200 valence electrons. The standard InChI is InChI=1S/C29H37F2N3O3/c1-36-25-11-8-19(16-26(25)37-2)29-13-12-21(33-28(35)32-20-9-10-23(30)24(31)17-20)18-27(29)34(15-14-29)22-6-4-3-5-7-22/h8-11,16-17,21-22,27H,3-7,12-15,18H2,1-2H3,(H2,32,33,35)/t21-,27+,29+/m1/s1. The average molecular weight is 514 g/mol. The molecule has 1 heterocycles. The first kappa shape index (κ1) is 25.8. The molecular weight excluding hydrogens is 476 g/mol. The number of anilines is 1. The maximum atomic E-state index is 13.6. The fourth-order valence-corrected chi connectivity index (χ4v) is 6.97. The molecular formula is C29H37F2N3O3. The number of nitrogens with one attached hydrogen (secondary N) is 2. The molecule has 0 spiro atoms. The summed E-state index contributed by atoms with van der Waals surface area (Å²) >= 11 is 0. The number of ether oxygens (including phenoxy) is 2. The minimum absolute atomic E-state index is 0.00671. The van der Waals surface area contributed by atoms with Crippen LogP contribution in [0.15, 0.2) is 36.4 Å². The van der Waals surface area contributed by atoms with Crippen molar-refractivity contribution < 1.29 is 23.0 Å². The van der Waals surface area contributed by atoms with E-state index in [4.69, 9.17) is 9.47 Å². The minimum Gasteiger partial charge on any atom is -0.493 e. The van der Waals surface area contributed by atoms with Crippen LogP contribution in [0.3, 0.4) is 0 Å². The molecule has 1 saturated heterocycles. The fraction of sp³-hybridized carbons (Fsp3) is 0.552. The summed E-state index contributed by atoms with van der Waals surface area (Å²) in [6.45, 7) is 1.05. The molecule has 3 aliphatic rings. The van der Waals surface area contributed by atoms with Gasteiger partial charge in [0.15, 0.2) is 23.1 Å². The van der Waals surface area contributed by atoms with E-state index in [2.05, 4.69) is 27.7 Å². The van der Waals surface area contributed by atoms with Crippen molar-refractivity contribution in [3.63, 3.8) is 0 Å². The molecule has 3 fully saturated rings. The highest BCUT2D eigenvalue weighted by molar-refractivity contribution is 5.89. The van der Waals surface area contributed by atoms with E-state index in [9.17, 15) is 13.6 Å². The van der Waals surface area contributed by atoms with Crippen LogP contribution >= 0.6 is 0 Å². The molecule has 0 unspecified atom stereocenters. The Morgan fingerprint density at radius 1 is 0.946 bits per heavy atom. The number of hydrogen-bond acceptors (Lipinski definition) is 4. The number of amides is 2. The van der Waals surface area contributed by atoms with Gasteiger partial charge in [-0.2, -0.15) is 0 Å². The van der Waals surface area contributed by atoms with Crippen molar-refractivity contribution in [2.45, 2.75) is 81.3 Å². The molecule has 0 aromatic heterocycles. The van der Waals surface area contributed by atoms with Crippen LogP contribution in [0.5, 0.6) is 11.5 Å². The Labute approximate surface area is 217 Å². The number of likely N-dealkylation sites (tertiary alicyclic amines) is 1. The number of methoxy groups -OCH3 is 2. The van der Waals surface area contributed by atoms with Crippen molar-refractivity contribution in [1.82, 2.24) is 10.2 Å². The molecule has 1 aliphatic heterocycles. The predicted octanol–water partition coefficient (Wildman–Crippen LogP) is 6.00. The van der Waals surface area contributed by atoms with Gasteiger partial charge in [0.05, 0.1) is 14.2 Å². The van der Waals surface area contributed by atoms with E-state index in [1.54, 1.807) is 14.2 Å². The van der Waals surface area contributed by atoms with Crippen LogP contribution in [-0.2, 0) is 5.41 Å². The Bertz CT molecular complexity index is 1120. The van der Waals surface area contributed by atoms with Gasteiger partial charge in [-0.3, -0.25) is 4.90 Å². The molecule has 2 aliphatic carbocycles. The van der Waals surface area contributed by atoms with Crippen molar-refractivity contribution in [3.05, 3.63) is 53.6 Å². The summed E-state index contributed by atoms with van der Waals surface area (Å²) in [6, 6.07) is 10.2. The Morgan fingerprint density at radius 3 is 2.46 bits per heavy atom. The van der Waals surface area contributed by atoms with Crippen LogP contribution in [0.2, 0.25) is 0 Å². The quantitative estimate of drug-likeness (QED) is 0.497. The van der Waals surface area contributed by atoms with E-state index in [-0.39, 0.29) is 17.1 Å². The molecule has 2 saturated carbocycles. The highest BCUT2D eigenvalue weighted by Gasteiger charge is 2.53. The first-order valence-corrected chi connectivity index (χ1v) is 13.4. The third-order valence-electron chi connectivity index (χ3n) is 8.82. The van der Waals surface area contributed by atoms with Gasteiger partial charge in [-0.1, -0.05) is 25.3 Å². The van der Waals surface area contributed by atoms with Gasteiger partial charge in [-0.15, -0.1) is 0 Å². The van der Waals surface area contributed by atoms with Gasteiger partial charge in [0, 0.05) is 35.3 Å². The van der Waals surface area contributed by atoms with Crippen LogP contribution in [0.25, 0.3) is 0 Å². The third kappa shape index (κ3) is 5.13. The van der Waals surface area contributed by atoms with E-state index in [0.29, 0.717) is 12.1 Å². The second-order valence-corrected chi connectivity index (χ2v) is 10.7. The number of hydrogen-bond donors (Lipinski definition) is 2. The first-order chi connectivity index (χ1) is 17.9. The second kappa shape index (κ2) is 10.9. The number of benzene rings is 2. The summed E-state index contributed by atoms with van der Waals surface area (Å²) in [4.78, 5) is 15.5. The van der Waals surface area contributed by atoms with Gasteiger partial charge in [0.25, 0.3) is 0 Å². The van der Waals surface area contributed by atoms with Crippen molar-refractivity contribution in [1.29, 1.82) is 0 Å². The molecule has 2 N–H and O–H groups in total. The Balaban J connectivity index is 1.37. The molecule has 0 radical (unpaired) electrons. The fourth-order valence-electron chi connectivity index (χ4n) is 6.97. The number of rotatable bonds is 6. The zero-order chi connectivity index (χ0) is 26.0. The summed E-state index contributed by atoms with van der Waals surface area (Å²) in [7, 11) is 3.33. The van der Waals surface area contributed by atoms with Crippen LogP contribution < -0.4 is 20.1 Å². The molecule has 6 nitrogen and oxygen atoms in total. The van der Waals surface area contributed by atoms with Crippen LogP contribution in [0, 0.1) is 11.6 Å². The largest absolute Gasteiger partial charge is 0.493 e. The summed E-state index contributed by atoms with van der Waals surface area (Å²) in [5.41, 5.74) is 1.50. The maximum Gasteiger partial charge on any atom is 0.319 e. The second-order valence-electron chi connectivity index (χ2n) is 10.7. The lowest BCUT2D eigenvalue weighted by Gasteiger charge is -2.47. The minimum atomic E-state index is -0.982. The third-order valence-corrected chi connectivity index (χ3v) is 8.82. The van der Waals surface area contributed by atoms with Crippen LogP contribution in [0.4, 0.5) is 19.3 Å². The molecule has 2 aromatic rings. The predicted molar refractivity (Wildman–Crippen MR) is 139 cm³/mol. The smallest absolute Gasteiger partial charge is 0.319 e. The van der Waals surface area contributed by atoms with Gasteiger partial charge in [0.1, 0.15) is 0 Å². The topological polar surface area (TPSA) is 62.8 Å². The first-order valence-electron chi connectivity index (χ1n) is 13.4. The van der Waals surface area contributed by atoms with Crippen LogP contribution in [-0.4, -0.2) is 49.8 Å². The number of urea groups is 1. The molecule has 0 bridgehead atoms. The zero-order valence-corrected chi connectivity index (χ0v) is 21.7. The number of nitrogens with zero attached hydrogens (tertiary/aromatic N) is 1. The van der Waals surface area contributed by atoms with Crippen molar-refractivity contribution in [2.24, 2.45) is 0 Å². The van der Waals surface area contributed by atoms with Crippen LogP contribution in [0.1, 0.15) is 63.4 Å². The monoisotopic (exact) mass is 513 g/mol. The van der Waals surface area contributed by atoms with E-state index < -0.39 is 17.7 Å². The number of carbonyl (C=O) groups excluding carboxylic acids is 1. The molecule has 2 aromatic carbocycles. The van der Waals surface area contributed by atoms with E-state index >= 15 is 0 Å². The molecule has 3 atom stereocenters. The van der Waals surface area contributed by atoms with Gasteiger partial charge in [-0.05, 0) is 74.9 Å². The van der Waals surface area contributed by atoms with Crippen molar-refractivity contribution in [3.8, 4) is 11.5 Å². The summed E-state index contributed by atoms with van der Waals surface area (Å²) in [5.74, 6) is -0.445. The lowest BCUT2D eigenvalue weighted by molar-refractivity contribution is 0.0825. The lowest BCUT2D eigenvalue weighted by Crippen LogP contribution is -2.55. The Hall–Kier alpha value is -2.87. The maximum absolute atomic E-state index is 13.6. The highest BCUT2D eigenvalue weighted by Crippen LogP contribution is 2.51. The van der Waals surface area contributed by atoms with E-state index in [1.165, 1.54) is 43.7 Å². The van der Waals surface area contributed by atoms with E-state index in [0.717, 1.165) is 55.9 Å². The number of fused-ring (bicyclic) bond motifs is 1.